The maximum atomic E-state index is 12.2. The molecule has 3 aromatic rings. The van der Waals surface area contributed by atoms with Gasteiger partial charge in [-0.25, -0.2) is 14.8 Å². The molecule has 1 aliphatic carbocycles. The van der Waals surface area contributed by atoms with Gasteiger partial charge in [-0.1, -0.05) is 19.6 Å². The van der Waals surface area contributed by atoms with Crippen LogP contribution in [0.4, 0.5) is 16.4 Å². The number of aromatic nitrogens is 3. The molecule has 1 fully saturated rings. The number of aryl methyl sites for hydroxylation is 1. The van der Waals surface area contributed by atoms with Gasteiger partial charge >= 0.3 is 6.09 Å². The Kier molecular flexibility index (Phi) is 6.71. The molecule has 0 spiro atoms. The lowest BCUT2D eigenvalue weighted by Crippen LogP contribution is -2.22. The number of amides is 2. The summed E-state index contributed by atoms with van der Waals surface area (Å²) in [5.41, 5.74) is 3.20. The summed E-state index contributed by atoms with van der Waals surface area (Å²) in [6.07, 6.45) is 2.68. The lowest BCUT2D eigenvalue weighted by atomic mass is 10.0. The molecular weight excluding hydrogens is 450 g/mol. The summed E-state index contributed by atoms with van der Waals surface area (Å²) in [5, 5.41) is 15.1. The quantitative estimate of drug-likeness (QED) is 0.287. The minimum Gasteiger partial charge on any atom is -0.465 e. The van der Waals surface area contributed by atoms with Gasteiger partial charge in [-0.2, -0.15) is 0 Å². The lowest BCUT2D eigenvalue weighted by Gasteiger charge is -2.15. The van der Waals surface area contributed by atoms with Crippen LogP contribution in [0.3, 0.4) is 0 Å². The Labute approximate surface area is 199 Å². The first-order valence-corrected chi connectivity index (χ1v) is 15.2. The van der Waals surface area contributed by atoms with Crippen LogP contribution in [0.25, 0.3) is 22.2 Å². The van der Waals surface area contributed by atoms with Crippen molar-refractivity contribution in [2.45, 2.75) is 52.2 Å². The molecule has 0 atom stereocenters. The smallest absolute Gasteiger partial charge is 0.410 e. The molecule has 3 N–H and O–H groups in total. The molecule has 9 nitrogen and oxygen atoms in total. The summed E-state index contributed by atoms with van der Waals surface area (Å²) in [6, 6.07) is 8.31. The molecule has 0 aromatic carbocycles. The monoisotopic (exact) mass is 481 g/mol. The highest BCUT2D eigenvalue weighted by Gasteiger charge is 2.30. The lowest BCUT2D eigenvalue weighted by molar-refractivity contribution is -0.117. The summed E-state index contributed by atoms with van der Waals surface area (Å²) >= 11 is 0. The Hall–Kier alpha value is -3.24. The van der Waals surface area contributed by atoms with E-state index in [2.05, 4.69) is 35.3 Å². The molecule has 180 valence electrons. The summed E-state index contributed by atoms with van der Waals surface area (Å²) in [7, 11) is -1.21. The van der Waals surface area contributed by atoms with Gasteiger partial charge in [0, 0.05) is 49.0 Å². The average Bonchev–Trinajstić information content (AvgIpc) is 3.54. The van der Waals surface area contributed by atoms with Crippen molar-refractivity contribution in [3.05, 3.63) is 36.2 Å². The van der Waals surface area contributed by atoms with E-state index in [4.69, 9.17) is 14.8 Å². The molecule has 1 aliphatic rings. The average molecular weight is 482 g/mol. The van der Waals surface area contributed by atoms with E-state index in [-0.39, 0.29) is 17.6 Å². The van der Waals surface area contributed by atoms with Gasteiger partial charge in [0.25, 0.3) is 0 Å². The van der Waals surface area contributed by atoms with E-state index in [1.807, 2.05) is 35.9 Å². The number of nitrogens with one attached hydrogen (secondary N) is 2. The van der Waals surface area contributed by atoms with Gasteiger partial charge in [-0.15, -0.1) is 0 Å². The molecule has 3 aromatic heterocycles. The largest absolute Gasteiger partial charge is 0.465 e. The van der Waals surface area contributed by atoms with Crippen LogP contribution in [0.2, 0.25) is 25.7 Å². The fraction of sp³-hybridized carbons (Fsp3) is 0.417. The van der Waals surface area contributed by atoms with Crippen LogP contribution in [0.5, 0.6) is 0 Å². The number of nitrogens with zero attached hydrogens (tertiary/aromatic N) is 3. The van der Waals surface area contributed by atoms with Crippen LogP contribution in [-0.2, 0) is 16.3 Å². The van der Waals surface area contributed by atoms with Gasteiger partial charge in [0.2, 0.25) is 5.91 Å². The summed E-state index contributed by atoms with van der Waals surface area (Å²) in [5.74, 6) is 0.901. The number of pyridine rings is 2. The number of hydrogen-bond acceptors (Lipinski definition) is 5. The van der Waals surface area contributed by atoms with E-state index in [1.165, 1.54) is 0 Å². The van der Waals surface area contributed by atoms with Gasteiger partial charge in [0.15, 0.2) is 0 Å². The van der Waals surface area contributed by atoms with E-state index in [0.29, 0.717) is 30.5 Å². The molecule has 0 unspecified atom stereocenters. The van der Waals surface area contributed by atoms with Gasteiger partial charge in [0.1, 0.15) is 24.0 Å². The van der Waals surface area contributed by atoms with Crippen molar-refractivity contribution in [1.82, 2.24) is 14.5 Å². The van der Waals surface area contributed by atoms with Crippen molar-refractivity contribution in [2.75, 3.05) is 17.2 Å². The predicted molar refractivity (Wildman–Crippen MR) is 135 cm³/mol. The van der Waals surface area contributed by atoms with E-state index >= 15 is 0 Å². The predicted octanol–water partition coefficient (Wildman–Crippen LogP) is 5.16. The minimum atomic E-state index is -1.21. The second-order valence-corrected chi connectivity index (χ2v) is 15.6. The zero-order chi connectivity index (χ0) is 24.5. The molecular formula is C24H31N5O4Si. The molecule has 10 heteroatoms. The van der Waals surface area contributed by atoms with E-state index in [1.54, 1.807) is 6.07 Å². The summed E-state index contributed by atoms with van der Waals surface area (Å²) in [6.45, 7) is 9.81. The van der Waals surface area contributed by atoms with Crippen molar-refractivity contribution >= 4 is 42.7 Å². The number of carboxylic acid groups (broad SMARTS) is 1. The molecule has 0 radical (unpaired) electrons. The Morgan fingerprint density at radius 1 is 1.09 bits per heavy atom. The molecule has 0 aliphatic heterocycles. The standard InChI is InChI=1S/C24H31N5O4Si/c1-15-17(7-9-20(25-15)28-24(31)32)19-13-29(14-33-11-12-34(2,3)4)22-18(19)8-10-21(26-22)27-23(30)16-5-6-16/h7-10,13,16H,5-6,11-12,14H2,1-4H3,(H,25,28)(H,31,32)(H,26,27,30). The van der Waals surface area contributed by atoms with E-state index < -0.39 is 14.2 Å². The first-order valence-electron chi connectivity index (χ1n) is 11.5. The van der Waals surface area contributed by atoms with Crippen molar-refractivity contribution in [1.29, 1.82) is 0 Å². The number of ether oxygens (including phenoxy) is 1. The number of fused-ring (bicyclic) bond motifs is 1. The van der Waals surface area contributed by atoms with Gasteiger partial charge < -0.3 is 19.7 Å². The molecule has 4 rings (SSSR count). The number of carbonyl (C=O) groups excluding carboxylic acids is 1. The van der Waals surface area contributed by atoms with Crippen LogP contribution in [0, 0.1) is 12.8 Å². The molecule has 0 saturated heterocycles. The molecule has 1 saturated carbocycles. The van der Waals surface area contributed by atoms with Crippen LogP contribution in [0.15, 0.2) is 30.5 Å². The van der Waals surface area contributed by atoms with Crippen LogP contribution in [-0.4, -0.2) is 46.3 Å². The topological polar surface area (TPSA) is 118 Å². The Morgan fingerprint density at radius 3 is 2.44 bits per heavy atom. The normalized spacial score (nSPS) is 13.8. The first kappa shape index (κ1) is 23.9. The first-order chi connectivity index (χ1) is 16.1. The van der Waals surface area contributed by atoms with Crippen molar-refractivity contribution < 1.29 is 19.4 Å². The Bertz CT molecular complexity index is 1230. The van der Waals surface area contributed by atoms with Gasteiger partial charge in [-0.3, -0.25) is 10.1 Å². The number of rotatable bonds is 9. The van der Waals surface area contributed by atoms with Crippen molar-refractivity contribution in [2.24, 2.45) is 5.92 Å². The maximum absolute atomic E-state index is 12.2. The third-order valence-corrected chi connectivity index (χ3v) is 7.46. The highest BCUT2D eigenvalue weighted by atomic mass is 28.3. The highest BCUT2D eigenvalue weighted by molar-refractivity contribution is 6.76. The van der Waals surface area contributed by atoms with Crippen LogP contribution >= 0.6 is 0 Å². The number of carbonyl (C=O) groups is 2. The molecule has 34 heavy (non-hydrogen) atoms. The number of hydrogen-bond donors (Lipinski definition) is 3. The molecule has 3 heterocycles. The third-order valence-electron chi connectivity index (χ3n) is 5.76. The van der Waals surface area contributed by atoms with Gasteiger partial charge in [0.05, 0.1) is 0 Å². The zero-order valence-electron chi connectivity index (χ0n) is 20.0. The zero-order valence-corrected chi connectivity index (χ0v) is 21.0. The van der Waals surface area contributed by atoms with Crippen molar-refractivity contribution in [3.63, 3.8) is 0 Å². The summed E-state index contributed by atoms with van der Waals surface area (Å²) in [4.78, 5) is 32.3. The van der Waals surface area contributed by atoms with Crippen molar-refractivity contribution in [3.8, 4) is 11.1 Å². The van der Waals surface area contributed by atoms with E-state index in [9.17, 15) is 9.59 Å². The SMILES string of the molecule is Cc1nc(NC(=O)O)ccc1-c1cn(COCC[Si](C)(C)C)c2nc(NC(=O)C3CC3)ccc12. The Morgan fingerprint density at radius 2 is 1.79 bits per heavy atom. The fourth-order valence-electron chi connectivity index (χ4n) is 3.69. The molecule has 2 amide bonds. The maximum Gasteiger partial charge on any atom is 0.410 e. The molecule has 0 bridgehead atoms. The third kappa shape index (κ3) is 5.81. The van der Waals surface area contributed by atoms with Gasteiger partial charge in [-0.05, 0) is 50.1 Å². The Balaban J connectivity index is 1.67. The van der Waals surface area contributed by atoms with Crippen LogP contribution < -0.4 is 10.6 Å². The number of anilines is 2. The summed E-state index contributed by atoms with van der Waals surface area (Å²) < 4.78 is 7.94. The minimum absolute atomic E-state index is 0.0122. The second kappa shape index (κ2) is 9.55. The highest BCUT2D eigenvalue weighted by Crippen LogP contribution is 2.34. The fourth-order valence-corrected chi connectivity index (χ4v) is 4.44. The van der Waals surface area contributed by atoms with Crippen LogP contribution in [0.1, 0.15) is 18.5 Å². The van der Waals surface area contributed by atoms with E-state index in [0.717, 1.165) is 35.4 Å². The second-order valence-electron chi connectivity index (χ2n) is 9.95.